The predicted molar refractivity (Wildman–Crippen MR) is 87.5 cm³/mol. The molecule has 0 aliphatic heterocycles. The topological polar surface area (TPSA) is 37.3 Å². The maximum Gasteiger partial charge on any atom is 0.193 e. The summed E-state index contributed by atoms with van der Waals surface area (Å²) in [7, 11) is 0. The molecule has 0 spiro atoms. The molecule has 0 bridgehead atoms. The molecule has 4 heteroatoms. The molecular formula is C19H14ClFO2. The lowest BCUT2D eigenvalue weighted by Crippen LogP contribution is -2.29. The average Bonchev–Trinajstić information content (AvgIpc) is 2.90. The fourth-order valence-electron chi connectivity index (χ4n) is 3.76. The number of phenolic OH excluding ortho intramolecular Hbond substituents is 1. The largest absolute Gasteiger partial charge is 0.508 e. The molecule has 2 aromatic rings. The summed E-state index contributed by atoms with van der Waals surface area (Å²) in [6, 6.07) is 8.00. The highest BCUT2D eigenvalue weighted by Crippen LogP contribution is 2.51. The lowest BCUT2D eigenvalue weighted by atomic mass is 9.68. The van der Waals surface area contributed by atoms with Crippen LogP contribution in [0, 0.1) is 5.82 Å². The number of ketones is 1. The summed E-state index contributed by atoms with van der Waals surface area (Å²) in [6.45, 7) is 4.00. The number of hydrogen-bond acceptors (Lipinski definition) is 2. The average molecular weight is 329 g/mol. The quantitative estimate of drug-likeness (QED) is 0.763. The van der Waals surface area contributed by atoms with Crippen molar-refractivity contribution in [2.24, 2.45) is 0 Å². The zero-order chi connectivity index (χ0) is 16.5. The normalized spacial score (nSPS) is 17.8. The highest BCUT2D eigenvalue weighted by molar-refractivity contribution is 6.34. The zero-order valence-corrected chi connectivity index (χ0v) is 13.5. The maximum atomic E-state index is 14.4. The summed E-state index contributed by atoms with van der Waals surface area (Å²) in [5.74, 6) is -0.442. The molecule has 2 aromatic carbocycles. The second-order valence-electron chi connectivity index (χ2n) is 6.60. The lowest BCUT2D eigenvalue weighted by molar-refractivity contribution is 0.105. The predicted octanol–water partition coefficient (Wildman–Crippen LogP) is 4.67. The number of benzene rings is 2. The number of carbonyl (C=O) groups is 1. The van der Waals surface area contributed by atoms with Gasteiger partial charge in [0.05, 0.1) is 5.02 Å². The van der Waals surface area contributed by atoms with Gasteiger partial charge in [0.2, 0.25) is 0 Å². The number of hydrogen-bond donors (Lipinski definition) is 1. The van der Waals surface area contributed by atoms with Crippen LogP contribution in [0.4, 0.5) is 4.39 Å². The van der Waals surface area contributed by atoms with Crippen LogP contribution in [-0.4, -0.2) is 10.9 Å². The van der Waals surface area contributed by atoms with Crippen LogP contribution < -0.4 is 0 Å². The van der Waals surface area contributed by atoms with E-state index in [0.717, 1.165) is 11.1 Å². The first kappa shape index (κ1) is 14.5. The van der Waals surface area contributed by atoms with Crippen LogP contribution in [0.25, 0.3) is 5.57 Å². The van der Waals surface area contributed by atoms with E-state index in [0.29, 0.717) is 28.7 Å². The minimum atomic E-state index is -0.463. The third-order valence-electron chi connectivity index (χ3n) is 5.02. The number of Topliss-reactive ketones (excluding diaryl/α,β-unsaturated/α-hetero) is 1. The van der Waals surface area contributed by atoms with E-state index in [1.165, 1.54) is 12.1 Å². The van der Waals surface area contributed by atoms with E-state index in [1.807, 2.05) is 13.8 Å². The Kier molecular flexibility index (Phi) is 2.80. The van der Waals surface area contributed by atoms with Gasteiger partial charge in [-0.05, 0) is 47.4 Å². The van der Waals surface area contributed by atoms with Gasteiger partial charge >= 0.3 is 0 Å². The zero-order valence-electron chi connectivity index (χ0n) is 12.7. The first-order valence-corrected chi connectivity index (χ1v) is 7.79. The Morgan fingerprint density at radius 1 is 1.17 bits per heavy atom. The van der Waals surface area contributed by atoms with Crippen molar-refractivity contribution in [1.29, 1.82) is 0 Å². The second kappa shape index (κ2) is 4.45. The molecule has 0 amide bonds. The van der Waals surface area contributed by atoms with Crippen molar-refractivity contribution in [3.8, 4) is 5.75 Å². The molecule has 0 aromatic heterocycles. The van der Waals surface area contributed by atoms with E-state index in [1.54, 1.807) is 18.2 Å². The summed E-state index contributed by atoms with van der Waals surface area (Å²) in [4.78, 5) is 13.0. The minimum absolute atomic E-state index is 0.0732. The van der Waals surface area contributed by atoms with Gasteiger partial charge in [-0.15, -0.1) is 0 Å². The van der Waals surface area contributed by atoms with E-state index in [-0.39, 0.29) is 16.6 Å². The molecule has 4 rings (SSSR count). The monoisotopic (exact) mass is 328 g/mol. The third kappa shape index (κ3) is 1.77. The smallest absolute Gasteiger partial charge is 0.193 e. The molecule has 0 saturated heterocycles. The fourth-order valence-corrected chi connectivity index (χ4v) is 3.94. The van der Waals surface area contributed by atoms with Crippen molar-refractivity contribution < 1.29 is 14.3 Å². The second-order valence-corrected chi connectivity index (χ2v) is 7.01. The van der Waals surface area contributed by atoms with Gasteiger partial charge in [0.1, 0.15) is 11.6 Å². The summed E-state index contributed by atoms with van der Waals surface area (Å²) in [6.07, 6.45) is 0.366. The molecule has 23 heavy (non-hydrogen) atoms. The Morgan fingerprint density at radius 2 is 1.87 bits per heavy atom. The summed E-state index contributed by atoms with van der Waals surface area (Å²) in [5.41, 5.74) is 3.47. The summed E-state index contributed by atoms with van der Waals surface area (Å²) >= 11 is 5.90. The lowest BCUT2D eigenvalue weighted by Gasteiger charge is -2.34. The fraction of sp³-hybridized carbons (Fsp3) is 0.211. The van der Waals surface area contributed by atoms with Gasteiger partial charge in [-0.3, -0.25) is 4.79 Å². The van der Waals surface area contributed by atoms with Crippen molar-refractivity contribution in [3.05, 3.63) is 69.0 Å². The van der Waals surface area contributed by atoms with E-state index in [9.17, 15) is 14.3 Å². The SMILES string of the molecule is CC1(C)C2=C(C(=O)c3ccc(O)cc31)c1ccc(Cl)c(F)c1C2. The standard InChI is InChI=1S/C19H14ClFO2/c1-19(2)13-7-9(22)3-4-11(13)18(23)16-10-5-6-15(20)17(21)12(10)8-14(16)19/h3-7,22H,8H2,1-2H3. The number of halogens is 2. The van der Waals surface area contributed by atoms with Crippen LogP contribution >= 0.6 is 11.6 Å². The molecule has 0 radical (unpaired) electrons. The molecule has 2 aliphatic rings. The van der Waals surface area contributed by atoms with E-state index in [4.69, 9.17) is 11.6 Å². The highest BCUT2D eigenvalue weighted by Gasteiger charge is 2.43. The van der Waals surface area contributed by atoms with Gasteiger partial charge in [0.25, 0.3) is 0 Å². The van der Waals surface area contributed by atoms with Gasteiger partial charge in [-0.25, -0.2) is 4.39 Å². The van der Waals surface area contributed by atoms with Crippen LogP contribution in [0.2, 0.25) is 5.02 Å². The molecule has 0 heterocycles. The number of fused-ring (bicyclic) bond motifs is 3. The van der Waals surface area contributed by atoms with Gasteiger partial charge in [-0.2, -0.15) is 0 Å². The number of carbonyl (C=O) groups excluding carboxylic acids is 1. The van der Waals surface area contributed by atoms with E-state index < -0.39 is 11.2 Å². The number of allylic oxidation sites excluding steroid dienone is 2. The summed E-state index contributed by atoms with van der Waals surface area (Å²) < 4.78 is 14.4. The Balaban J connectivity index is 2.01. The molecule has 0 atom stereocenters. The molecule has 2 aliphatic carbocycles. The van der Waals surface area contributed by atoms with Crippen LogP contribution in [0.5, 0.6) is 5.75 Å². The molecule has 0 saturated carbocycles. The van der Waals surface area contributed by atoms with Crippen LogP contribution in [0.15, 0.2) is 35.9 Å². The molecule has 0 fully saturated rings. The minimum Gasteiger partial charge on any atom is -0.508 e. The van der Waals surface area contributed by atoms with Crippen molar-refractivity contribution in [2.45, 2.75) is 25.7 Å². The number of rotatable bonds is 0. The Morgan fingerprint density at radius 3 is 2.61 bits per heavy atom. The van der Waals surface area contributed by atoms with E-state index >= 15 is 0 Å². The van der Waals surface area contributed by atoms with Crippen molar-refractivity contribution >= 4 is 23.0 Å². The van der Waals surface area contributed by atoms with Gasteiger partial charge in [0.15, 0.2) is 5.78 Å². The van der Waals surface area contributed by atoms with Crippen molar-refractivity contribution in [1.82, 2.24) is 0 Å². The van der Waals surface area contributed by atoms with Gasteiger partial charge in [0, 0.05) is 22.1 Å². The molecular weight excluding hydrogens is 315 g/mol. The first-order chi connectivity index (χ1) is 10.8. The summed E-state index contributed by atoms with van der Waals surface area (Å²) in [5, 5.41) is 9.87. The van der Waals surface area contributed by atoms with Gasteiger partial charge in [-0.1, -0.05) is 31.5 Å². The molecule has 116 valence electrons. The molecule has 1 N–H and O–H groups in total. The van der Waals surface area contributed by atoms with E-state index in [2.05, 4.69) is 0 Å². The van der Waals surface area contributed by atoms with Crippen LogP contribution in [0.1, 0.15) is 40.9 Å². The number of phenols is 1. The first-order valence-electron chi connectivity index (χ1n) is 7.41. The third-order valence-corrected chi connectivity index (χ3v) is 5.32. The van der Waals surface area contributed by atoms with Crippen LogP contribution in [0.3, 0.4) is 0 Å². The van der Waals surface area contributed by atoms with Crippen LogP contribution in [-0.2, 0) is 11.8 Å². The molecule has 0 unspecified atom stereocenters. The van der Waals surface area contributed by atoms with Gasteiger partial charge < -0.3 is 5.11 Å². The Bertz CT molecular complexity index is 925. The maximum absolute atomic E-state index is 14.4. The molecule has 2 nitrogen and oxygen atoms in total. The Hall–Kier alpha value is -2.13. The van der Waals surface area contributed by atoms with Crippen molar-refractivity contribution in [3.63, 3.8) is 0 Å². The van der Waals surface area contributed by atoms with Crippen molar-refractivity contribution in [2.75, 3.05) is 0 Å². The Labute approximate surface area is 138 Å². The highest BCUT2D eigenvalue weighted by atomic mass is 35.5. The number of aromatic hydroxyl groups is 1.